The van der Waals surface area contributed by atoms with E-state index in [1.165, 1.54) is 0 Å². The van der Waals surface area contributed by atoms with Gasteiger partial charge >= 0.3 is 20.2 Å². The standard InChI is InChI=1S/C3H2N3O6S2/c7-13(8,9)2-4-1-5-3(6-2)14(10,11)12/h(H,7,8,9)(H,10,11,12). The lowest BCUT2D eigenvalue weighted by Gasteiger charge is -1.95. The molecule has 2 N–H and O–H groups in total. The quantitative estimate of drug-likeness (QED) is 0.569. The van der Waals surface area contributed by atoms with Gasteiger partial charge in [0.15, 0.2) is 0 Å². The fourth-order valence-corrected chi connectivity index (χ4v) is 1.25. The summed E-state index contributed by atoms with van der Waals surface area (Å²) in [6, 6.07) is 0. The minimum absolute atomic E-state index is 1.21. The molecule has 77 valence electrons. The van der Waals surface area contributed by atoms with Crippen LogP contribution in [0.3, 0.4) is 0 Å². The highest BCUT2D eigenvalue weighted by molar-refractivity contribution is 7.86. The second-order valence-corrected chi connectivity index (χ2v) is 4.58. The molecule has 0 fully saturated rings. The van der Waals surface area contributed by atoms with Crippen LogP contribution in [0.4, 0.5) is 0 Å². The van der Waals surface area contributed by atoms with E-state index < -0.39 is 30.5 Å². The van der Waals surface area contributed by atoms with Gasteiger partial charge in [0.25, 0.3) is 10.3 Å². The first-order valence-corrected chi connectivity index (χ1v) is 5.66. The Balaban J connectivity index is 3.44. The van der Waals surface area contributed by atoms with Gasteiger partial charge in [-0.2, -0.15) is 31.8 Å². The van der Waals surface area contributed by atoms with Gasteiger partial charge in [0, 0.05) is 0 Å². The lowest BCUT2D eigenvalue weighted by Crippen LogP contribution is -2.11. The summed E-state index contributed by atoms with van der Waals surface area (Å²) in [4.78, 5) is 8.51. The molecule has 11 heteroatoms. The van der Waals surface area contributed by atoms with Crippen molar-refractivity contribution in [2.24, 2.45) is 0 Å². The largest absolute Gasteiger partial charge is 0.330 e. The number of hydrogen-bond donors (Lipinski definition) is 2. The van der Waals surface area contributed by atoms with Crippen LogP contribution in [0.15, 0.2) is 10.3 Å². The summed E-state index contributed by atoms with van der Waals surface area (Å²) in [5, 5.41) is -2.42. The van der Waals surface area contributed by atoms with Gasteiger partial charge < -0.3 is 0 Å². The second kappa shape index (κ2) is 3.20. The van der Waals surface area contributed by atoms with Gasteiger partial charge in [-0.3, -0.25) is 9.11 Å². The van der Waals surface area contributed by atoms with Crippen molar-refractivity contribution in [2.45, 2.75) is 10.3 Å². The molecule has 1 aromatic heterocycles. The number of hydrogen-bond acceptors (Lipinski definition) is 7. The molecule has 0 aliphatic rings. The second-order valence-electron chi connectivity index (χ2n) is 1.95. The molecular formula is C3H2N3O6S2. The Labute approximate surface area is 78.3 Å². The first kappa shape index (κ1) is 10.9. The van der Waals surface area contributed by atoms with Crippen LogP contribution in [-0.4, -0.2) is 40.9 Å². The summed E-state index contributed by atoms with van der Waals surface area (Å²) in [7, 11) is -9.51. The van der Waals surface area contributed by atoms with E-state index in [0.717, 1.165) is 0 Å². The first-order chi connectivity index (χ1) is 6.21. The molecule has 0 amide bonds. The molecule has 0 spiro atoms. The predicted molar refractivity (Wildman–Crippen MR) is 38.3 cm³/mol. The fraction of sp³-hybridized carbons (Fsp3) is 0. The first-order valence-electron chi connectivity index (χ1n) is 2.78. The van der Waals surface area contributed by atoms with Crippen molar-refractivity contribution in [2.75, 3.05) is 0 Å². The molecule has 0 saturated carbocycles. The summed E-state index contributed by atoms with van der Waals surface area (Å²) >= 11 is 0. The van der Waals surface area contributed by atoms with Crippen LogP contribution in [0.5, 0.6) is 0 Å². The van der Waals surface area contributed by atoms with Crippen LogP contribution >= 0.6 is 0 Å². The Hall–Kier alpha value is -1.17. The maximum atomic E-state index is 10.4. The predicted octanol–water partition coefficient (Wildman–Crippen LogP) is -1.83. The minimum Gasteiger partial charge on any atom is -0.279 e. The Morgan fingerprint density at radius 3 is 1.57 bits per heavy atom. The number of aromatic nitrogens is 3. The van der Waals surface area contributed by atoms with Crippen LogP contribution in [0.25, 0.3) is 0 Å². The average Bonchev–Trinajstić information content (AvgIpc) is 2.01. The molecule has 1 heterocycles. The lowest BCUT2D eigenvalue weighted by atomic mass is 11.1. The Morgan fingerprint density at radius 1 is 0.929 bits per heavy atom. The molecule has 1 radical (unpaired) electrons. The van der Waals surface area contributed by atoms with E-state index >= 15 is 0 Å². The van der Waals surface area contributed by atoms with Gasteiger partial charge in [0.05, 0.1) is 0 Å². The SMILES string of the molecule is O=S(=O)(O)c1n[c]nc(S(=O)(=O)O)n1. The molecule has 1 aromatic rings. The van der Waals surface area contributed by atoms with Crippen LogP contribution < -0.4 is 0 Å². The Morgan fingerprint density at radius 2 is 1.29 bits per heavy atom. The molecule has 14 heavy (non-hydrogen) atoms. The van der Waals surface area contributed by atoms with Crippen molar-refractivity contribution in [3.05, 3.63) is 6.33 Å². The van der Waals surface area contributed by atoms with Gasteiger partial charge in [0.1, 0.15) is 0 Å². The lowest BCUT2D eigenvalue weighted by molar-refractivity contribution is 0.460. The summed E-state index contributed by atoms with van der Waals surface area (Å²) in [6.45, 7) is 0. The summed E-state index contributed by atoms with van der Waals surface area (Å²) < 4.78 is 58.5. The van der Waals surface area contributed by atoms with E-state index in [0.29, 0.717) is 0 Å². The molecule has 0 bridgehead atoms. The molecule has 1 rings (SSSR count). The van der Waals surface area contributed by atoms with Crippen molar-refractivity contribution >= 4 is 20.2 Å². The highest BCUT2D eigenvalue weighted by atomic mass is 32.2. The molecule has 0 aliphatic heterocycles. The summed E-state index contributed by atoms with van der Waals surface area (Å²) in [6.07, 6.45) is 1.60. The molecule has 0 aromatic carbocycles. The van der Waals surface area contributed by atoms with Crippen LogP contribution in [0, 0.1) is 6.33 Å². The number of nitrogens with zero attached hydrogens (tertiary/aromatic N) is 3. The van der Waals surface area contributed by atoms with Gasteiger partial charge in [-0.25, -0.2) is 0 Å². The third-order valence-electron chi connectivity index (χ3n) is 0.944. The number of rotatable bonds is 2. The van der Waals surface area contributed by atoms with Crippen LogP contribution in [0.2, 0.25) is 0 Å². The van der Waals surface area contributed by atoms with Crippen molar-refractivity contribution in [1.82, 2.24) is 15.0 Å². The van der Waals surface area contributed by atoms with Gasteiger partial charge in [-0.05, 0) is 0 Å². The zero-order valence-corrected chi connectivity index (χ0v) is 7.82. The topological polar surface area (TPSA) is 147 Å². The minimum atomic E-state index is -4.75. The fourth-order valence-electron chi connectivity index (χ4n) is 0.473. The summed E-state index contributed by atoms with van der Waals surface area (Å²) in [5.74, 6) is 0. The van der Waals surface area contributed by atoms with Gasteiger partial charge in [-0.15, -0.1) is 0 Å². The normalized spacial score (nSPS) is 12.7. The molecule has 0 saturated heterocycles. The van der Waals surface area contributed by atoms with E-state index in [4.69, 9.17) is 9.11 Å². The maximum absolute atomic E-state index is 10.4. The van der Waals surface area contributed by atoms with Crippen molar-refractivity contribution in [3.8, 4) is 0 Å². The molecule has 0 aliphatic carbocycles. The van der Waals surface area contributed by atoms with Crippen LogP contribution in [-0.2, 0) is 20.2 Å². The highest BCUT2D eigenvalue weighted by Gasteiger charge is 2.20. The van der Waals surface area contributed by atoms with E-state index in [2.05, 4.69) is 15.0 Å². The zero-order valence-electron chi connectivity index (χ0n) is 6.19. The van der Waals surface area contributed by atoms with Crippen molar-refractivity contribution < 1.29 is 25.9 Å². The van der Waals surface area contributed by atoms with E-state index in [1.807, 2.05) is 0 Å². The van der Waals surface area contributed by atoms with Crippen molar-refractivity contribution in [3.63, 3.8) is 0 Å². The molecule has 9 nitrogen and oxygen atoms in total. The van der Waals surface area contributed by atoms with Gasteiger partial charge in [-0.1, -0.05) is 0 Å². The molecule has 0 unspecified atom stereocenters. The van der Waals surface area contributed by atoms with Gasteiger partial charge in [0.2, 0.25) is 6.33 Å². The summed E-state index contributed by atoms with van der Waals surface area (Å²) in [5.41, 5.74) is 0. The third-order valence-corrected chi connectivity index (χ3v) is 2.23. The average molecular weight is 240 g/mol. The Bertz CT molecular complexity index is 500. The smallest absolute Gasteiger partial charge is 0.279 e. The Kier molecular flexibility index (Phi) is 2.49. The van der Waals surface area contributed by atoms with Crippen LogP contribution in [0.1, 0.15) is 0 Å². The highest BCUT2D eigenvalue weighted by Crippen LogP contribution is 2.03. The maximum Gasteiger partial charge on any atom is 0.330 e. The third kappa shape index (κ3) is 2.41. The van der Waals surface area contributed by atoms with E-state index in [1.54, 1.807) is 6.33 Å². The van der Waals surface area contributed by atoms with E-state index in [9.17, 15) is 16.8 Å². The molecular weight excluding hydrogens is 238 g/mol. The van der Waals surface area contributed by atoms with E-state index in [-0.39, 0.29) is 0 Å². The monoisotopic (exact) mass is 240 g/mol. The molecule has 0 atom stereocenters. The van der Waals surface area contributed by atoms with Crippen molar-refractivity contribution in [1.29, 1.82) is 0 Å². The zero-order chi connectivity index (χ0) is 11.0.